The number of anilines is 1. The van der Waals surface area contributed by atoms with Gasteiger partial charge in [0.05, 0.1) is 0 Å². The van der Waals surface area contributed by atoms with Gasteiger partial charge in [0.25, 0.3) is 0 Å². The molecule has 1 aliphatic heterocycles. The minimum Gasteiger partial charge on any atom is -0.480 e. The first-order valence-corrected chi connectivity index (χ1v) is 8.46. The maximum Gasteiger partial charge on any atom is 0.325 e. The maximum absolute atomic E-state index is 11.8. The summed E-state index contributed by atoms with van der Waals surface area (Å²) in [5.41, 5.74) is 3.21. The summed E-state index contributed by atoms with van der Waals surface area (Å²) < 4.78 is 0. The monoisotopic (exact) mass is 344 g/mol. The number of benzene rings is 2. The predicted octanol–water partition coefficient (Wildman–Crippen LogP) is 3.60. The van der Waals surface area contributed by atoms with Gasteiger partial charge in [-0.1, -0.05) is 41.4 Å². The smallest absolute Gasteiger partial charge is 0.325 e. The molecule has 1 N–H and O–H groups in total. The number of carbonyl (C=O) groups is 1. The van der Waals surface area contributed by atoms with Crippen LogP contribution in [0.2, 0.25) is 5.02 Å². The first-order valence-electron chi connectivity index (χ1n) is 8.08. The van der Waals surface area contributed by atoms with Gasteiger partial charge in [-0.05, 0) is 36.8 Å². The predicted molar refractivity (Wildman–Crippen MR) is 96.8 cm³/mol. The van der Waals surface area contributed by atoms with E-state index in [0.717, 1.165) is 18.7 Å². The van der Waals surface area contributed by atoms with E-state index < -0.39 is 12.0 Å². The summed E-state index contributed by atoms with van der Waals surface area (Å²) in [4.78, 5) is 16.1. The van der Waals surface area contributed by atoms with Crippen molar-refractivity contribution in [1.29, 1.82) is 0 Å². The lowest BCUT2D eigenvalue weighted by atomic mass is 10.0. The highest BCUT2D eigenvalue weighted by Crippen LogP contribution is 2.26. The van der Waals surface area contributed by atoms with E-state index in [1.165, 1.54) is 11.3 Å². The summed E-state index contributed by atoms with van der Waals surface area (Å²) in [5.74, 6) is -0.818. The molecule has 126 valence electrons. The van der Waals surface area contributed by atoms with E-state index in [1.54, 1.807) is 24.3 Å². The van der Waals surface area contributed by atoms with Gasteiger partial charge >= 0.3 is 5.97 Å². The molecule has 0 spiro atoms. The molecule has 1 saturated heterocycles. The van der Waals surface area contributed by atoms with Crippen LogP contribution in [0.25, 0.3) is 0 Å². The summed E-state index contributed by atoms with van der Waals surface area (Å²) in [6.07, 6.45) is 0. The summed E-state index contributed by atoms with van der Waals surface area (Å²) in [7, 11) is 0. The molecule has 1 fully saturated rings. The third kappa shape index (κ3) is 3.71. The number of carboxylic acids is 1. The lowest BCUT2D eigenvalue weighted by molar-refractivity contribution is -0.143. The molecule has 24 heavy (non-hydrogen) atoms. The van der Waals surface area contributed by atoms with E-state index in [4.69, 9.17) is 11.6 Å². The Hall–Kier alpha value is -2.04. The summed E-state index contributed by atoms with van der Waals surface area (Å²) in [6, 6.07) is 14.9. The fourth-order valence-corrected chi connectivity index (χ4v) is 3.27. The van der Waals surface area contributed by atoms with Crippen molar-refractivity contribution in [3.8, 4) is 0 Å². The number of aryl methyl sites for hydroxylation is 1. The molecule has 0 aromatic heterocycles. The molecule has 0 bridgehead atoms. The topological polar surface area (TPSA) is 43.8 Å². The molecule has 5 heteroatoms. The van der Waals surface area contributed by atoms with Crippen molar-refractivity contribution in [2.24, 2.45) is 0 Å². The average Bonchev–Trinajstić information content (AvgIpc) is 2.58. The normalized spacial score (nSPS) is 16.8. The SMILES string of the molecule is Cc1ccc(N2CCN(C(C(=O)O)c3ccc(Cl)cc3)CC2)cc1. The van der Waals surface area contributed by atoms with Crippen LogP contribution in [0.3, 0.4) is 0 Å². The standard InChI is InChI=1S/C19H21ClN2O2/c1-14-2-8-17(9-3-14)21-10-12-22(13-11-21)18(19(23)24)15-4-6-16(20)7-5-15/h2-9,18H,10-13H2,1H3,(H,23,24). The number of piperazine rings is 1. The quantitative estimate of drug-likeness (QED) is 0.920. The van der Waals surface area contributed by atoms with Crippen molar-refractivity contribution in [3.63, 3.8) is 0 Å². The number of nitrogens with zero attached hydrogens (tertiary/aromatic N) is 2. The molecule has 3 rings (SSSR count). The van der Waals surface area contributed by atoms with Gasteiger partial charge in [0.1, 0.15) is 6.04 Å². The first-order chi connectivity index (χ1) is 11.5. The van der Waals surface area contributed by atoms with Crippen LogP contribution in [0.4, 0.5) is 5.69 Å². The Morgan fingerprint density at radius 2 is 1.58 bits per heavy atom. The molecule has 1 heterocycles. The summed E-state index contributed by atoms with van der Waals surface area (Å²) in [5, 5.41) is 10.3. The molecule has 4 nitrogen and oxygen atoms in total. The van der Waals surface area contributed by atoms with Crippen molar-refractivity contribution < 1.29 is 9.90 Å². The number of hydrogen-bond acceptors (Lipinski definition) is 3. The van der Waals surface area contributed by atoms with Crippen LogP contribution in [0.15, 0.2) is 48.5 Å². The molecular formula is C19H21ClN2O2. The third-order valence-electron chi connectivity index (χ3n) is 4.50. The summed E-state index contributed by atoms with van der Waals surface area (Å²) in [6.45, 7) is 5.15. The van der Waals surface area contributed by atoms with Crippen molar-refractivity contribution in [2.75, 3.05) is 31.1 Å². The van der Waals surface area contributed by atoms with Crippen LogP contribution in [-0.4, -0.2) is 42.2 Å². The molecule has 1 atom stereocenters. The lowest BCUT2D eigenvalue weighted by Crippen LogP contribution is -2.49. The molecule has 0 amide bonds. The highest BCUT2D eigenvalue weighted by Gasteiger charge is 2.30. The van der Waals surface area contributed by atoms with Crippen molar-refractivity contribution in [2.45, 2.75) is 13.0 Å². The lowest BCUT2D eigenvalue weighted by Gasteiger charge is -2.39. The van der Waals surface area contributed by atoms with Gasteiger partial charge in [0.15, 0.2) is 0 Å². The zero-order chi connectivity index (χ0) is 17.1. The number of halogens is 1. The van der Waals surface area contributed by atoms with Crippen molar-refractivity contribution in [1.82, 2.24) is 4.90 Å². The molecule has 2 aromatic carbocycles. The molecule has 0 radical (unpaired) electrons. The fourth-order valence-electron chi connectivity index (χ4n) is 3.15. The second kappa shape index (κ2) is 7.24. The van der Waals surface area contributed by atoms with E-state index >= 15 is 0 Å². The molecular weight excluding hydrogens is 324 g/mol. The Labute approximate surface area is 147 Å². The highest BCUT2D eigenvalue weighted by molar-refractivity contribution is 6.30. The van der Waals surface area contributed by atoms with Gasteiger partial charge in [-0.15, -0.1) is 0 Å². The van der Waals surface area contributed by atoms with E-state index in [-0.39, 0.29) is 0 Å². The minimum absolute atomic E-state index is 0.618. The van der Waals surface area contributed by atoms with Gasteiger partial charge in [-0.25, -0.2) is 0 Å². The van der Waals surface area contributed by atoms with Crippen LogP contribution < -0.4 is 4.90 Å². The zero-order valence-electron chi connectivity index (χ0n) is 13.7. The molecule has 0 aliphatic carbocycles. The Balaban J connectivity index is 1.70. The Morgan fingerprint density at radius 3 is 2.12 bits per heavy atom. The van der Waals surface area contributed by atoms with Crippen LogP contribution in [0.1, 0.15) is 17.2 Å². The summed E-state index contributed by atoms with van der Waals surface area (Å²) >= 11 is 5.91. The zero-order valence-corrected chi connectivity index (χ0v) is 14.4. The molecule has 0 saturated carbocycles. The second-order valence-corrected chi connectivity index (χ2v) is 6.59. The van der Waals surface area contributed by atoms with Gasteiger partial charge in [0.2, 0.25) is 0 Å². The van der Waals surface area contributed by atoms with Crippen LogP contribution in [0.5, 0.6) is 0 Å². The Morgan fingerprint density at radius 1 is 1.00 bits per heavy atom. The van der Waals surface area contributed by atoms with Crippen LogP contribution in [0, 0.1) is 6.92 Å². The molecule has 1 unspecified atom stereocenters. The van der Waals surface area contributed by atoms with Crippen molar-refractivity contribution >= 4 is 23.3 Å². The molecule has 1 aliphatic rings. The Kier molecular flexibility index (Phi) is 5.07. The van der Waals surface area contributed by atoms with E-state index in [1.807, 2.05) is 4.90 Å². The Bertz CT molecular complexity index is 692. The maximum atomic E-state index is 11.8. The largest absolute Gasteiger partial charge is 0.480 e. The number of rotatable bonds is 4. The van der Waals surface area contributed by atoms with Gasteiger partial charge < -0.3 is 10.0 Å². The number of carboxylic acid groups (broad SMARTS) is 1. The molecule has 2 aromatic rings. The van der Waals surface area contributed by atoms with Gasteiger partial charge in [-0.2, -0.15) is 0 Å². The third-order valence-corrected chi connectivity index (χ3v) is 4.75. The fraction of sp³-hybridized carbons (Fsp3) is 0.316. The second-order valence-electron chi connectivity index (χ2n) is 6.15. The number of hydrogen-bond donors (Lipinski definition) is 1. The van der Waals surface area contributed by atoms with Crippen LogP contribution in [-0.2, 0) is 4.79 Å². The van der Waals surface area contributed by atoms with E-state index in [2.05, 4.69) is 36.1 Å². The van der Waals surface area contributed by atoms with Gasteiger partial charge in [-0.3, -0.25) is 9.69 Å². The van der Waals surface area contributed by atoms with Gasteiger partial charge in [0, 0.05) is 36.9 Å². The van der Waals surface area contributed by atoms with E-state index in [9.17, 15) is 9.90 Å². The van der Waals surface area contributed by atoms with E-state index in [0.29, 0.717) is 18.1 Å². The first kappa shape index (κ1) is 16.8. The number of aliphatic carboxylic acids is 1. The minimum atomic E-state index is -0.818. The average molecular weight is 345 g/mol. The highest BCUT2D eigenvalue weighted by atomic mass is 35.5. The van der Waals surface area contributed by atoms with Crippen molar-refractivity contribution in [3.05, 3.63) is 64.7 Å². The van der Waals surface area contributed by atoms with Crippen LogP contribution >= 0.6 is 11.6 Å².